The molecule has 2 aliphatic heterocycles. The SMILES string of the molecule is CN1CCCC(C2CN(C(C)(C)C#N)C(=O)N2C)C1. The van der Waals surface area contributed by atoms with Crippen molar-refractivity contribution < 1.29 is 4.79 Å². The van der Waals surface area contributed by atoms with Crippen molar-refractivity contribution in [1.29, 1.82) is 5.26 Å². The van der Waals surface area contributed by atoms with Gasteiger partial charge in [-0.3, -0.25) is 0 Å². The minimum absolute atomic E-state index is 0.00947. The molecule has 0 aromatic rings. The number of likely N-dealkylation sites (tertiary alicyclic amines) is 1. The molecule has 2 rings (SSSR count). The molecule has 2 atom stereocenters. The molecule has 0 bridgehead atoms. The Morgan fingerprint density at radius 3 is 2.58 bits per heavy atom. The fourth-order valence-corrected chi connectivity index (χ4v) is 3.23. The molecule has 5 heteroatoms. The first-order valence-corrected chi connectivity index (χ1v) is 7.01. The Labute approximate surface area is 115 Å². The molecule has 2 amide bonds. The van der Waals surface area contributed by atoms with Crippen LogP contribution in [-0.4, -0.2) is 66.0 Å². The fourth-order valence-electron chi connectivity index (χ4n) is 3.23. The van der Waals surface area contributed by atoms with Crippen LogP contribution in [0, 0.1) is 17.2 Å². The van der Waals surface area contributed by atoms with Gasteiger partial charge in [0, 0.05) is 20.1 Å². The van der Waals surface area contributed by atoms with Gasteiger partial charge in [-0.25, -0.2) is 4.79 Å². The zero-order valence-corrected chi connectivity index (χ0v) is 12.4. The predicted molar refractivity (Wildman–Crippen MR) is 73.6 cm³/mol. The number of urea groups is 1. The third-order valence-electron chi connectivity index (χ3n) is 4.55. The quantitative estimate of drug-likeness (QED) is 0.757. The van der Waals surface area contributed by atoms with E-state index >= 15 is 0 Å². The van der Waals surface area contributed by atoms with E-state index in [1.807, 2.05) is 25.8 Å². The lowest BCUT2D eigenvalue weighted by Gasteiger charge is -2.35. The molecule has 19 heavy (non-hydrogen) atoms. The van der Waals surface area contributed by atoms with E-state index in [4.69, 9.17) is 0 Å². The first-order chi connectivity index (χ1) is 8.86. The third-order valence-corrected chi connectivity index (χ3v) is 4.55. The summed E-state index contributed by atoms with van der Waals surface area (Å²) in [7, 11) is 4.01. The summed E-state index contributed by atoms with van der Waals surface area (Å²) in [4.78, 5) is 18.2. The van der Waals surface area contributed by atoms with Crippen molar-refractivity contribution in [1.82, 2.24) is 14.7 Å². The molecule has 2 heterocycles. The van der Waals surface area contributed by atoms with Crippen LogP contribution in [0.4, 0.5) is 4.79 Å². The Morgan fingerprint density at radius 2 is 2.00 bits per heavy atom. The highest BCUT2D eigenvalue weighted by Crippen LogP contribution is 2.30. The summed E-state index contributed by atoms with van der Waals surface area (Å²) in [5.41, 5.74) is -0.722. The Balaban J connectivity index is 2.12. The molecule has 0 aliphatic carbocycles. The number of rotatable bonds is 2. The highest BCUT2D eigenvalue weighted by atomic mass is 16.2. The molecule has 2 aliphatic rings. The Morgan fingerprint density at radius 1 is 1.32 bits per heavy atom. The van der Waals surface area contributed by atoms with Gasteiger partial charge >= 0.3 is 6.03 Å². The minimum Gasteiger partial charge on any atom is -0.323 e. The second-order valence-electron chi connectivity index (χ2n) is 6.41. The van der Waals surface area contributed by atoms with Crippen LogP contribution in [0.2, 0.25) is 0 Å². The molecule has 0 saturated carbocycles. The van der Waals surface area contributed by atoms with Gasteiger partial charge in [-0.05, 0) is 46.2 Å². The van der Waals surface area contributed by atoms with E-state index in [2.05, 4.69) is 18.0 Å². The maximum absolute atomic E-state index is 12.3. The number of piperidine rings is 1. The van der Waals surface area contributed by atoms with Crippen molar-refractivity contribution in [3.8, 4) is 6.07 Å². The Hall–Kier alpha value is -1.28. The van der Waals surface area contributed by atoms with Crippen molar-refractivity contribution >= 4 is 6.03 Å². The molecule has 2 saturated heterocycles. The van der Waals surface area contributed by atoms with E-state index in [9.17, 15) is 10.1 Å². The van der Waals surface area contributed by atoms with Crippen molar-refractivity contribution in [2.75, 3.05) is 33.7 Å². The zero-order valence-electron chi connectivity index (χ0n) is 12.4. The van der Waals surface area contributed by atoms with Crippen LogP contribution in [0.5, 0.6) is 0 Å². The predicted octanol–water partition coefficient (Wildman–Crippen LogP) is 1.37. The lowest BCUT2D eigenvalue weighted by molar-refractivity contribution is 0.141. The first-order valence-electron chi connectivity index (χ1n) is 7.01. The minimum atomic E-state index is -0.722. The standard InChI is InChI=1S/C14H24N4O/c1-14(2,10-15)18-9-12(17(4)13(18)19)11-6-5-7-16(3)8-11/h11-12H,5-9H2,1-4H3. The van der Waals surface area contributed by atoms with Gasteiger partial charge in [-0.15, -0.1) is 0 Å². The van der Waals surface area contributed by atoms with Crippen LogP contribution in [0.15, 0.2) is 0 Å². The van der Waals surface area contributed by atoms with E-state index in [1.54, 1.807) is 4.90 Å². The molecule has 106 valence electrons. The highest BCUT2D eigenvalue weighted by Gasteiger charge is 2.45. The van der Waals surface area contributed by atoms with Gasteiger partial charge < -0.3 is 14.7 Å². The van der Waals surface area contributed by atoms with Crippen molar-refractivity contribution in [2.45, 2.75) is 38.3 Å². The van der Waals surface area contributed by atoms with Gasteiger partial charge in [0.2, 0.25) is 0 Å². The van der Waals surface area contributed by atoms with Crippen molar-refractivity contribution in [2.24, 2.45) is 5.92 Å². The average Bonchev–Trinajstić information content (AvgIpc) is 2.67. The normalized spacial score (nSPS) is 29.7. The molecule has 0 aromatic carbocycles. The van der Waals surface area contributed by atoms with Gasteiger partial charge in [0.15, 0.2) is 0 Å². The number of carbonyl (C=O) groups is 1. The van der Waals surface area contributed by atoms with Gasteiger partial charge in [0.05, 0.1) is 12.1 Å². The lowest BCUT2D eigenvalue weighted by atomic mass is 9.90. The summed E-state index contributed by atoms with van der Waals surface area (Å²) in [6.45, 7) is 6.49. The molecule has 0 N–H and O–H groups in total. The van der Waals surface area contributed by atoms with Crippen LogP contribution in [0.25, 0.3) is 0 Å². The number of carbonyl (C=O) groups excluding carboxylic acids is 1. The highest BCUT2D eigenvalue weighted by molar-refractivity contribution is 5.78. The monoisotopic (exact) mass is 264 g/mol. The van der Waals surface area contributed by atoms with E-state index in [-0.39, 0.29) is 12.1 Å². The zero-order chi connectivity index (χ0) is 14.2. The fraction of sp³-hybridized carbons (Fsp3) is 0.857. The Kier molecular flexibility index (Phi) is 3.73. The van der Waals surface area contributed by atoms with E-state index in [0.717, 1.165) is 13.1 Å². The van der Waals surface area contributed by atoms with Gasteiger partial charge in [-0.1, -0.05) is 0 Å². The molecular weight excluding hydrogens is 240 g/mol. The lowest BCUT2D eigenvalue weighted by Crippen LogP contribution is -2.45. The van der Waals surface area contributed by atoms with Crippen LogP contribution in [-0.2, 0) is 0 Å². The molecule has 2 unspecified atom stereocenters. The first kappa shape index (κ1) is 14.1. The largest absolute Gasteiger partial charge is 0.323 e. The summed E-state index contributed by atoms with van der Waals surface area (Å²) in [5, 5.41) is 9.23. The maximum atomic E-state index is 12.3. The number of nitrogens with zero attached hydrogens (tertiary/aromatic N) is 4. The van der Waals surface area contributed by atoms with E-state index < -0.39 is 5.54 Å². The van der Waals surface area contributed by atoms with Crippen molar-refractivity contribution in [3.63, 3.8) is 0 Å². The van der Waals surface area contributed by atoms with Gasteiger partial charge in [0.25, 0.3) is 0 Å². The summed E-state index contributed by atoms with van der Waals surface area (Å²) < 4.78 is 0. The Bertz CT molecular complexity index is 401. The molecular formula is C14H24N4O. The van der Waals surface area contributed by atoms with E-state index in [0.29, 0.717) is 12.5 Å². The summed E-state index contributed by atoms with van der Waals surface area (Å²) in [5.74, 6) is 0.521. The molecule has 0 radical (unpaired) electrons. The average molecular weight is 264 g/mol. The number of nitriles is 1. The number of hydrogen-bond acceptors (Lipinski definition) is 3. The summed E-state index contributed by atoms with van der Waals surface area (Å²) in [6.07, 6.45) is 2.37. The van der Waals surface area contributed by atoms with Gasteiger partial charge in [-0.2, -0.15) is 5.26 Å². The second kappa shape index (κ2) is 5.01. The summed E-state index contributed by atoms with van der Waals surface area (Å²) in [6, 6.07) is 2.46. The molecule has 2 fully saturated rings. The molecule has 0 aromatic heterocycles. The molecule has 5 nitrogen and oxygen atoms in total. The van der Waals surface area contributed by atoms with Crippen molar-refractivity contribution in [3.05, 3.63) is 0 Å². The third kappa shape index (κ3) is 2.55. The topological polar surface area (TPSA) is 50.6 Å². The van der Waals surface area contributed by atoms with Crippen LogP contribution < -0.4 is 0 Å². The second-order valence-corrected chi connectivity index (χ2v) is 6.41. The van der Waals surface area contributed by atoms with E-state index in [1.165, 1.54) is 12.8 Å². The van der Waals surface area contributed by atoms with Gasteiger partial charge in [0.1, 0.15) is 5.54 Å². The summed E-state index contributed by atoms with van der Waals surface area (Å²) >= 11 is 0. The van der Waals surface area contributed by atoms with Crippen LogP contribution >= 0.6 is 0 Å². The molecule has 0 spiro atoms. The van der Waals surface area contributed by atoms with Crippen LogP contribution in [0.1, 0.15) is 26.7 Å². The maximum Gasteiger partial charge on any atom is 0.321 e. The number of likely N-dealkylation sites (N-methyl/N-ethyl adjacent to an activating group) is 1. The smallest absolute Gasteiger partial charge is 0.321 e. The number of hydrogen-bond donors (Lipinski definition) is 0. The number of amides is 2. The van der Waals surface area contributed by atoms with Crippen LogP contribution in [0.3, 0.4) is 0 Å².